The summed E-state index contributed by atoms with van der Waals surface area (Å²) in [6.07, 6.45) is -6.73. The molecule has 2 nitrogen and oxygen atoms in total. The van der Waals surface area contributed by atoms with Crippen LogP contribution in [0.25, 0.3) is 0 Å². The van der Waals surface area contributed by atoms with Crippen molar-refractivity contribution in [3.8, 4) is 0 Å². The SMILES string of the molecule is O=C(c1ncc(CCCCCCC(F)(F)F)s1)C(F)(F)F. The van der Waals surface area contributed by atoms with Crippen molar-refractivity contribution < 1.29 is 31.1 Å². The van der Waals surface area contributed by atoms with Gasteiger partial charge < -0.3 is 0 Å². The van der Waals surface area contributed by atoms with E-state index in [1.807, 2.05) is 0 Å². The number of Topliss-reactive ketones (excluding diaryl/α,β-unsaturated/α-hetero) is 1. The van der Waals surface area contributed by atoms with Gasteiger partial charge >= 0.3 is 12.4 Å². The molecular formula is C12H13F6NOS. The van der Waals surface area contributed by atoms with Crippen LogP contribution in [0.2, 0.25) is 0 Å². The number of alkyl halides is 6. The van der Waals surface area contributed by atoms with Crippen LogP contribution >= 0.6 is 11.3 Å². The summed E-state index contributed by atoms with van der Waals surface area (Å²) < 4.78 is 72.1. The predicted molar refractivity (Wildman–Crippen MR) is 65.3 cm³/mol. The van der Waals surface area contributed by atoms with E-state index in [9.17, 15) is 31.1 Å². The number of carbonyl (C=O) groups is 1. The smallest absolute Gasteiger partial charge is 0.281 e. The molecule has 0 spiro atoms. The molecule has 0 saturated carbocycles. The number of nitrogens with zero attached hydrogens (tertiary/aromatic N) is 1. The summed E-state index contributed by atoms with van der Waals surface area (Å²) >= 11 is 0.675. The van der Waals surface area contributed by atoms with E-state index in [2.05, 4.69) is 4.98 Å². The third-order valence-corrected chi connectivity index (χ3v) is 3.69. The number of hydrogen-bond donors (Lipinski definition) is 0. The van der Waals surface area contributed by atoms with Crippen LogP contribution in [0, 0.1) is 0 Å². The van der Waals surface area contributed by atoms with Crippen molar-refractivity contribution in [2.24, 2.45) is 0 Å². The predicted octanol–water partition coefficient (Wildman–Crippen LogP) is 4.94. The lowest BCUT2D eigenvalue weighted by molar-refractivity contribution is -0.135. The second kappa shape index (κ2) is 7.24. The number of aromatic nitrogens is 1. The molecule has 0 fully saturated rings. The van der Waals surface area contributed by atoms with Crippen LogP contribution in [-0.4, -0.2) is 23.1 Å². The van der Waals surface area contributed by atoms with Gasteiger partial charge in [-0.3, -0.25) is 4.79 Å². The zero-order valence-corrected chi connectivity index (χ0v) is 11.7. The van der Waals surface area contributed by atoms with E-state index >= 15 is 0 Å². The Hall–Kier alpha value is -1.12. The Labute approximate surface area is 121 Å². The number of rotatable bonds is 7. The maximum atomic E-state index is 12.2. The van der Waals surface area contributed by atoms with E-state index in [1.54, 1.807) is 0 Å². The summed E-state index contributed by atoms with van der Waals surface area (Å²) in [7, 11) is 0. The summed E-state index contributed by atoms with van der Waals surface area (Å²) in [5, 5.41) is -0.602. The molecule has 0 bridgehead atoms. The molecule has 0 atom stereocenters. The molecule has 0 saturated heterocycles. The Morgan fingerprint density at radius 3 is 2.24 bits per heavy atom. The topological polar surface area (TPSA) is 30.0 Å². The van der Waals surface area contributed by atoms with Gasteiger partial charge in [0.15, 0.2) is 5.01 Å². The second-order valence-electron chi connectivity index (χ2n) is 4.49. The Bertz CT molecular complexity index is 465. The Morgan fingerprint density at radius 1 is 1.05 bits per heavy atom. The highest BCUT2D eigenvalue weighted by molar-refractivity contribution is 7.13. The van der Waals surface area contributed by atoms with Gasteiger partial charge in [0, 0.05) is 17.5 Å². The minimum Gasteiger partial charge on any atom is -0.281 e. The minimum absolute atomic E-state index is 0.0456. The monoisotopic (exact) mass is 333 g/mol. The number of unbranched alkanes of at least 4 members (excludes halogenated alkanes) is 3. The second-order valence-corrected chi connectivity index (χ2v) is 5.60. The van der Waals surface area contributed by atoms with Crippen molar-refractivity contribution in [2.45, 2.75) is 50.9 Å². The van der Waals surface area contributed by atoms with Crippen molar-refractivity contribution in [2.75, 3.05) is 0 Å². The molecule has 0 aliphatic heterocycles. The molecule has 0 aliphatic rings. The van der Waals surface area contributed by atoms with Crippen LogP contribution in [-0.2, 0) is 6.42 Å². The summed E-state index contributed by atoms with van der Waals surface area (Å²) in [5.74, 6) is -1.97. The van der Waals surface area contributed by atoms with E-state index in [0.717, 1.165) is 0 Å². The van der Waals surface area contributed by atoms with Crippen LogP contribution in [0.15, 0.2) is 6.20 Å². The van der Waals surface area contributed by atoms with Crippen LogP contribution in [0.1, 0.15) is 46.8 Å². The molecule has 9 heteroatoms. The van der Waals surface area contributed by atoms with Gasteiger partial charge in [-0.15, -0.1) is 11.3 Å². The van der Waals surface area contributed by atoms with Crippen LogP contribution in [0.5, 0.6) is 0 Å². The molecule has 0 radical (unpaired) electrons. The fourth-order valence-corrected chi connectivity index (χ4v) is 2.54. The highest BCUT2D eigenvalue weighted by Gasteiger charge is 2.41. The van der Waals surface area contributed by atoms with E-state index in [1.165, 1.54) is 6.20 Å². The Balaban J connectivity index is 2.28. The van der Waals surface area contributed by atoms with Crippen LogP contribution < -0.4 is 0 Å². The standard InChI is InChI=1S/C12H13F6NOS/c13-11(14,15)6-4-2-1-3-5-8-7-19-10(21-8)9(20)12(16,17)18/h7H,1-6H2. The molecule has 0 aliphatic carbocycles. The highest BCUT2D eigenvalue weighted by Crippen LogP contribution is 2.26. The number of thiazole rings is 1. The first kappa shape index (κ1) is 17.9. The highest BCUT2D eigenvalue weighted by atomic mass is 32.1. The Kier molecular flexibility index (Phi) is 6.18. The molecule has 0 unspecified atom stereocenters. The summed E-state index contributed by atoms with van der Waals surface area (Å²) in [5.41, 5.74) is 0. The Morgan fingerprint density at radius 2 is 1.67 bits per heavy atom. The zero-order chi connectivity index (χ0) is 16.1. The van der Waals surface area contributed by atoms with Gasteiger partial charge in [-0.25, -0.2) is 4.98 Å². The van der Waals surface area contributed by atoms with Gasteiger partial charge in [0.1, 0.15) is 0 Å². The van der Waals surface area contributed by atoms with Gasteiger partial charge in [-0.1, -0.05) is 12.8 Å². The lowest BCUT2D eigenvalue weighted by Gasteiger charge is -2.05. The first-order valence-electron chi connectivity index (χ1n) is 6.22. The van der Waals surface area contributed by atoms with Crippen molar-refractivity contribution in [1.82, 2.24) is 4.98 Å². The molecule has 0 N–H and O–H groups in total. The molecular weight excluding hydrogens is 320 g/mol. The van der Waals surface area contributed by atoms with Crippen LogP contribution in [0.3, 0.4) is 0 Å². The lowest BCUT2D eigenvalue weighted by Crippen LogP contribution is -2.22. The quantitative estimate of drug-likeness (QED) is 0.402. The first-order valence-corrected chi connectivity index (χ1v) is 7.04. The normalized spacial score (nSPS) is 12.7. The van der Waals surface area contributed by atoms with Gasteiger partial charge in [-0.05, 0) is 19.3 Å². The lowest BCUT2D eigenvalue weighted by atomic mass is 10.1. The molecule has 1 aromatic rings. The van der Waals surface area contributed by atoms with E-state index < -0.39 is 29.6 Å². The molecule has 21 heavy (non-hydrogen) atoms. The molecule has 0 aromatic carbocycles. The third kappa shape index (κ3) is 6.92. The van der Waals surface area contributed by atoms with Gasteiger partial charge in [0.05, 0.1) is 0 Å². The van der Waals surface area contributed by atoms with Crippen molar-refractivity contribution in [3.05, 3.63) is 16.1 Å². The number of carbonyl (C=O) groups excluding carboxylic acids is 1. The summed E-state index contributed by atoms with van der Waals surface area (Å²) in [6.45, 7) is 0. The van der Waals surface area contributed by atoms with E-state index in [4.69, 9.17) is 0 Å². The van der Waals surface area contributed by atoms with Gasteiger partial charge in [0.2, 0.25) is 0 Å². The van der Waals surface area contributed by atoms with Gasteiger partial charge in [0.25, 0.3) is 5.78 Å². The van der Waals surface area contributed by atoms with Crippen LogP contribution in [0.4, 0.5) is 26.3 Å². The zero-order valence-electron chi connectivity index (χ0n) is 10.9. The van der Waals surface area contributed by atoms with E-state index in [0.29, 0.717) is 41.9 Å². The molecule has 120 valence electrons. The number of ketones is 1. The number of halogens is 6. The minimum atomic E-state index is -4.94. The number of aryl methyl sites for hydroxylation is 1. The molecule has 1 rings (SSSR count). The molecule has 0 amide bonds. The average molecular weight is 333 g/mol. The summed E-state index contributed by atoms with van der Waals surface area (Å²) in [6, 6.07) is 0. The number of hydrogen-bond acceptors (Lipinski definition) is 3. The first-order chi connectivity index (χ1) is 9.59. The van der Waals surface area contributed by atoms with E-state index in [-0.39, 0.29) is 6.42 Å². The van der Waals surface area contributed by atoms with Crippen molar-refractivity contribution in [1.29, 1.82) is 0 Å². The average Bonchev–Trinajstić information content (AvgIpc) is 2.78. The van der Waals surface area contributed by atoms with Crippen molar-refractivity contribution >= 4 is 17.1 Å². The fourth-order valence-electron chi connectivity index (χ4n) is 1.63. The molecule has 1 aromatic heterocycles. The van der Waals surface area contributed by atoms with Gasteiger partial charge in [-0.2, -0.15) is 26.3 Å². The molecule has 1 heterocycles. The largest absolute Gasteiger partial charge is 0.457 e. The maximum absolute atomic E-state index is 12.2. The van der Waals surface area contributed by atoms with Crippen molar-refractivity contribution in [3.63, 3.8) is 0 Å². The maximum Gasteiger partial charge on any atom is 0.457 e. The third-order valence-electron chi connectivity index (χ3n) is 2.64. The summed E-state index contributed by atoms with van der Waals surface area (Å²) in [4.78, 5) is 14.9. The fraction of sp³-hybridized carbons (Fsp3) is 0.667.